The standard InChI is InChI=1S/C51H34N4/c1-4-14-34(15-5-1)38-32-45(35-16-6-2-7-17-35)53-46(33-38)37-18-12-21-40(30-37)54-47-24-11-10-22-43(47)50-41(23-13-25-49(50)54)36-26-27-48-44(31-36)42-28-29-52-51(42)55(48)39-19-8-3-9-20-39/h1-33,52H. The molecule has 0 atom stereocenters. The molecule has 0 aliphatic heterocycles. The summed E-state index contributed by atoms with van der Waals surface area (Å²) in [5.41, 5.74) is 15.6. The molecular weight excluding hydrogens is 669 g/mol. The molecule has 0 saturated carbocycles. The predicted molar refractivity (Wildman–Crippen MR) is 229 cm³/mol. The van der Waals surface area contributed by atoms with Crippen LogP contribution in [0.2, 0.25) is 0 Å². The Hall–Kier alpha value is -7.43. The van der Waals surface area contributed by atoms with E-state index in [1.807, 2.05) is 12.3 Å². The van der Waals surface area contributed by atoms with E-state index in [-0.39, 0.29) is 0 Å². The number of pyridine rings is 1. The summed E-state index contributed by atoms with van der Waals surface area (Å²) in [5.74, 6) is 0. The van der Waals surface area contributed by atoms with Crippen LogP contribution >= 0.6 is 0 Å². The second-order valence-corrected chi connectivity index (χ2v) is 14.1. The van der Waals surface area contributed by atoms with Gasteiger partial charge in [-0.05, 0) is 89.0 Å². The van der Waals surface area contributed by atoms with Crippen LogP contribution in [0.5, 0.6) is 0 Å². The fourth-order valence-corrected chi connectivity index (χ4v) is 8.42. The number of benzene rings is 7. The predicted octanol–water partition coefficient (Wildman–Crippen LogP) is 13.3. The van der Waals surface area contributed by atoms with Gasteiger partial charge in [0.25, 0.3) is 0 Å². The summed E-state index contributed by atoms with van der Waals surface area (Å²) < 4.78 is 4.73. The van der Waals surface area contributed by atoms with Gasteiger partial charge in [0.1, 0.15) is 5.65 Å². The monoisotopic (exact) mass is 702 g/mol. The van der Waals surface area contributed by atoms with Crippen molar-refractivity contribution in [2.24, 2.45) is 0 Å². The van der Waals surface area contributed by atoms with Gasteiger partial charge in [-0.1, -0.05) is 127 Å². The molecule has 55 heavy (non-hydrogen) atoms. The van der Waals surface area contributed by atoms with Gasteiger partial charge in [0, 0.05) is 50.2 Å². The first-order valence-corrected chi connectivity index (χ1v) is 18.7. The van der Waals surface area contributed by atoms with E-state index in [0.29, 0.717) is 0 Å². The molecule has 0 saturated heterocycles. The molecule has 11 aromatic rings. The molecule has 0 radical (unpaired) electrons. The summed E-state index contributed by atoms with van der Waals surface area (Å²) in [6, 6.07) is 69.4. The van der Waals surface area contributed by atoms with E-state index in [0.717, 1.165) is 45.1 Å². The number of hydrogen-bond donors (Lipinski definition) is 1. The maximum Gasteiger partial charge on any atom is 0.123 e. The number of rotatable bonds is 6. The van der Waals surface area contributed by atoms with Crippen molar-refractivity contribution in [3.8, 4) is 56.1 Å². The number of aromatic nitrogens is 4. The summed E-state index contributed by atoms with van der Waals surface area (Å²) >= 11 is 0. The van der Waals surface area contributed by atoms with Crippen molar-refractivity contribution in [2.45, 2.75) is 0 Å². The Balaban J connectivity index is 1.09. The van der Waals surface area contributed by atoms with Gasteiger partial charge in [-0.2, -0.15) is 0 Å². The topological polar surface area (TPSA) is 38.5 Å². The van der Waals surface area contributed by atoms with Gasteiger partial charge in [-0.25, -0.2) is 4.98 Å². The van der Waals surface area contributed by atoms with Crippen LogP contribution in [0.25, 0.3) is 99.9 Å². The Labute approximate surface area is 318 Å². The zero-order valence-corrected chi connectivity index (χ0v) is 29.9. The van der Waals surface area contributed by atoms with Crippen molar-refractivity contribution in [1.29, 1.82) is 0 Å². The number of para-hydroxylation sites is 2. The zero-order valence-electron chi connectivity index (χ0n) is 29.9. The molecule has 0 spiro atoms. The quantitative estimate of drug-likeness (QED) is 0.184. The summed E-state index contributed by atoms with van der Waals surface area (Å²) in [6.07, 6.45) is 2.04. The van der Waals surface area contributed by atoms with Crippen LogP contribution in [-0.4, -0.2) is 19.1 Å². The Bertz CT molecular complexity index is 3130. The summed E-state index contributed by atoms with van der Waals surface area (Å²) in [6.45, 7) is 0. The van der Waals surface area contributed by atoms with E-state index in [4.69, 9.17) is 4.98 Å². The molecule has 0 bridgehead atoms. The number of fused-ring (bicyclic) bond motifs is 6. The van der Waals surface area contributed by atoms with E-state index in [1.54, 1.807) is 0 Å². The highest BCUT2D eigenvalue weighted by Crippen LogP contribution is 2.41. The third kappa shape index (κ3) is 5.11. The number of hydrogen-bond acceptors (Lipinski definition) is 1. The molecule has 4 nitrogen and oxygen atoms in total. The lowest BCUT2D eigenvalue weighted by molar-refractivity contribution is 1.14. The Morgan fingerprint density at radius 2 is 1.00 bits per heavy atom. The molecule has 0 amide bonds. The molecule has 7 aromatic carbocycles. The molecule has 4 heterocycles. The first-order chi connectivity index (χ1) is 27.3. The maximum atomic E-state index is 5.25. The molecule has 0 unspecified atom stereocenters. The van der Waals surface area contributed by atoms with Gasteiger partial charge < -0.3 is 9.55 Å². The third-order valence-electron chi connectivity index (χ3n) is 10.9. The van der Waals surface area contributed by atoms with E-state index in [1.165, 1.54) is 54.8 Å². The molecule has 11 rings (SSSR count). The van der Waals surface area contributed by atoms with Gasteiger partial charge in [-0.15, -0.1) is 0 Å². The average molecular weight is 703 g/mol. The third-order valence-corrected chi connectivity index (χ3v) is 10.9. The SMILES string of the molecule is c1ccc(-c2cc(-c3ccccc3)nc(-c3cccc(-n4c5ccccc5c5c(-c6ccc7c(c6)c6cc[nH]c6n7-c6ccccc6)cccc54)c3)c2)cc1. The fraction of sp³-hybridized carbons (Fsp3) is 0. The minimum Gasteiger partial charge on any atom is -0.347 e. The average Bonchev–Trinajstić information content (AvgIpc) is 3.96. The Morgan fingerprint density at radius 3 is 1.82 bits per heavy atom. The highest BCUT2D eigenvalue weighted by Gasteiger charge is 2.19. The van der Waals surface area contributed by atoms with E-state index < -0.39 is 0 Å². The van der Waals surface area contributed by atoms with Crippen LogP contribution in [0.15, 0.2) is 200 Å². The lowest BCUT2D eigenvalue weighted by Crippen LogP contribution is -1.96. The molecule has 258 valence electrons. The minimum atomic E-state index is 0.940. The first kappa shape index (κ1) is 31.1. The number of aromatic amines is 1. The molecule has 0 aliphatic rings. The minimum absolute atomic E-state index is 0.940. The molecule has 4 aromatic heterocycles. The number of H-pyrrole nitrogens is 1. The molecule has 4 heteroatoms. The highest BCUT2D eigenvalue weighted by atomic mass is 15.0. The van der Waals surface area contributed by atoms with Crippen LogP contribution in [0.1, 0.15) is 0 Å². The second-order valence-electron chi connectivity index (χ2n) is 14.1. The highest BCUT2D eigenvalue weighted by molar-refractivity contribution is 6.17. The largest absolute Gasteiger partial charge is 0.347 e. The van der Waals surface area contributed by atoms with Gasteiger partial charge in [0.15, 0.2) is 0 Å². The van der Waals surface area contributed by atoms with E-state index in [9.17, 15) is 0 Å². The van der Waals surface area contributed by atoms with Crippen molar-refractivity contribution < 1.29 is 0 Å². The molecule has 0 aliphatic carbocycles. The van der Waals surface area contributed by atoms with Crippen LogP contribution in [-0.2, 0) is 0 Å². The number of nitrogens with one attached hydrogen (secondary N) is 1. The first-order valence-electron chi connectivity index (χ1n) is 18.7. The summed E-state index contributed by atoms with van der Waals surface area (Å²) in [7, 11) is 0. The van der Waals surface area contributed by atoms with Crippen molar-refractivity contribution >= 4 is 43.7 Å². The zero-order chi connectivity index (χ0) is 36.3. The molecule has 0 fully saturated rings. The number of nitrogens with zero attached hydrogens (tertiary/aromatic N) is 3. The van der Waals surface area contributed by atoms with Gasteiger partial charge in [0.2, 0.25) is 0 Å². The van der Waals surface area contributed by atoms with Crippen LogP contribution in [0, 0.1) is 0 Å². The van der Waals surface area contributed by atoms with Crippen LogP contribution in [0.3, 0.4) is 0 Å². The van der Waals surface area contributed by atoms with Crippen LogP contribution < -0.4 is 0 Å². The lowest BCUT2D eigenvalue weighted by atomic mass is 9.98. The fourth-order valence-electron chi connectivity index (χ4n) is 8.42. The Kier molecular flexibility index (Phi) is 7.14. The maximum absolute atomic E-state index is 5.25. The normalized spacial score (nSPS) is 11.6. The lowest BCUT2D eigenvalue weighted by Gasteiger charge is -2.13. The molecule has 1 N–H and O–H groups in total. The van der Waals surface area contributed by atoms with Gasteiger partial charge >= 0.3 is 0 Å². The van der Waals surface area contributed by atoms with Gasteiger partial charge in [0.05, 0.1) is 27.9 Å². The van der Waals surface area contributed by atoms with Crippen molar-refractivity contribution in [3.63, 3.8) is 0 Å². The van der Waals surface area contributed by atoms with Crippen molar-refractivity contribution in [2.75, 3.05) is 0 Å². The second kappa shape index (κ2) is 12.6. The van der Waals surface area contributed by atoms with Crippen LogP contribution in [0.4, 0.5) is 0 Å². The van der Waals surface area contributed by atoms with E-state index >= 15 is 0 Å². The Morgan fingerprint density at radius 1 is 0.364 bits per heavy atom. The van der Waals surface area contributed by atoms with Crippen molar-refractivity contribution in [3.05, 3.63) is 200 Å². The van der Waals surface area contributed by atoms with E-state index in [2.05, 4.69) is 202 Å². The summed E-state index contributed by atoms with van der Waals surface area (Å²) in [4.78, 5) is 8.76. The summed E-state index contributed by atoms with van der Waals surface area (Å²) in [5, 5.41) is 4.91. The van der Waals surface area contributed by atoms with Gasteiger partial charge in [-0.3, -0.25) is 4.57 Å². The molecular formula is C51H34N4. The van der Waals surface area contributed by atoms with Crippen molar-refractivity contribution in [1.82, 2.24) is 19.1 Å². The smallest absolute Gasteiger partial charge is 0.123 e.